The van der Waals surface area contributed by atoms with E-state index in [9.17, 15) is 13.2 Å². The molecule has 0 amide bonds. The molecule has 17 heavy (non-hydrogen) atoms. The summed E-state index contributed by atoms with van der Waals surface area (Å²) in [5.41, 5.74) is 0. The normalized spacial score (nSPS) is 28.6. The van der Waals surface area contributed by atoms with Crippen LogP contribution in [-0.2, 0) is 0 Å². The van der Waals surface area contributed by atoms with E-state index in [0.717, 1.165) is 19.0 Å². The van der Waals surface area contributed by atoms with Gasteiger partial charge in [-0.05, 0) is 38.6 Å². The number of nitrogens with one attached hydrogen (secondary N) is 1. The molecule has 1 saturated heterocycles. The molecule has 0 aromatic rings. The minimum atomic E-state index is -4.01. The highest BCUT2D eigenvalue weighted by atomic mass is 19.4. The largest absolute Gasteiger partial charge is 0.393 e. The molecule has 0 bridgehead atoms. The van der Waals surface area contributed by atoms with Gasteiger partial charge in [-0.3, -0.25) is 0 Å². The molecule has 0 radical (unpaired) electrons. The molecule has 2 nitrogen and oxygen atoms in total. The number of nitrogens with zero attached hydrogens (tertiary/aromatic N) is 1. The van der Waals surface area contributed by atoms with E-state index < -0.39 is 12.1 Å². The summed E-state index contributed by atoms with van der Waals surface area (Å²) < 4.78 is 37.4. The van der Waals surface area contributed by atoms with Crippen molar-refractivity contribution < 1.29 is 13.2 Å². The van der Waals surface area contributed by atoms with Crippen molar-refractivity contribution in [1.82, 2.24) is 10.2 Å². The Balaban J connectivity index is 1.61. The Morgan fingerprint density at radius 1 is 1.29 bits per heavy atom. The molecule has 2 aliphatic rings. The number of alkyl halides is 3. The van der Waals surface area contributed by atoms with Crippen LogP contribution >= 0.6 is 0 Å². The SMILES string of the molecule is CC(NCCN1CCC(C(F)(F)F)C1)C1CC1. The third kappa shape index (κ3) is 3.85. The van der Waals surface area contributed by atoms with E-state index in [2.05, 4.69) is 12.2 Å². The fourth-order valence-corrected chi connectivity index (χ4v) is 2.52. The van der Waals surface area contributed by atoms with Gasteiger partial charge in [-0.2, -0.15) is 13.2 Å². The van der Waals surface area contributed by atoms with E-state index in [-0.39, 0.29) is 13.0 Å². The summed E-state index contributed by atoms with van der Waals surface area (Å²) in [6.45, 7) is 4.48. The van der Waals surface area contributed by atoms with Gasteiger partial charge in [0.15, 0.2) is 0 Å². The fourth-order valence-electron chi connectivity index (χ4n) is 2.52. The van der Waals surface area contributed by atoms with Gasteiger partial charge in [0.1, 0.15) is 0 Å². The summed E-state index contributed by atoms with van der Waals surface area (Å²) in [6.07, 6.45) is -1.15. The first-order valence-electron chi connectivity index (χ1n) is 6.49. The minimum Gasteiger partial charge on any atom is -0.313 e. The van der Waals surface area contributed by atoms with Crippen molar-refractivity contribution in [2.24, 2.45) is 11.8 Å². The maximum Gasteiger partial charge on any atom is 0.393 e. The first-order valence-corrected chi connectivity index (χ1v) is 6.49. The summed E-state index contributed by atoms with van der Waals surface area (Å²) in [7, 11) is 0. The second-order valence-corrected chi connectivity index (χ2v) is 5.41. The van der Waals surface area contributed by atoms with Crippen LogP contribution in [0.5, 0.6) is 0 Å². The zero-order chi connectivity index (χ0) is 12.5. The van der Waals surface area contributed by atoms with E-state index in [0.29, 0.717) is 12.6 Å². The zero-order valence-corrected chi connectivity index (χ0v) is 10.3. The van der Waals surface area contributed by atoms with E-state index in [1.807, 2.05) is 4.90 Å². The smallest absolute Gasteiger partial charge is 0.313 e. The predicted octanol–water partition coefficient (Wildman–Crippen LogP) is 2.26. The first-order chi connectivity index (χ1) is 7.97. The van der Waals surface area contributed by atoms with Crippen molar-refractivity contribution >= 4 is 0 Å². The van der Waals surface area contributed by atoms with E-state index in [4.69, 9.17) is 0 Å². The lowest BCUT2D eigenvalue weighted by Gasteiger charge is -2.19. The van der Waals surface area contributed by atoms with Gasteiger partial charge in [-0.25, -0.2) is 0 Å². The molecule has 2 rings (SSSR count). The van der Waals surface area contributed by atoms with Gasteiger partial charge >= 0.3 is 6.18 Å². The van der Waals surface area contributed by atoms with Crippen LogP contribution in [-0.4, -0.2) is 43.3 Å². The van der Waals surface area contributed by atoms with Gasteiger partial charge < -0.3 is 10.2 Å². The van der Waals surface area contributed by atoms with Crippen LogP contribution in [0.2, 0.25) is 0 Å². The third-order valence-corrected chi connectivity index (χ3v) is 3.96. The second kappa shape index (κ2) is 5.14. The molecular weight excluding hydrogens is 229 g/mol. The summed E-state index contributed by atoms with van der Waals surface area (Å²) in [6, 6.07) is 0.524. The van der Waals surface area contributed by atoms with Gasteiger partial charge in [-0.15, -0.1) is 0 Å². The van der Waals surface area contributed by atoms with Crippen molar-refractivity contribution in [3.8, 4) is 0 Å². The Morgan fingerprint density at radius 3 is 2.53 bits per heavy atom. The van der Waals surface area contributed by atoms with Crippen LogP contribution in [0.3, 0.4) is 0 Å². The number of hydrogen-bond donors (Lipinski definition) is 1. The van der Waals surface area contributed by atoms with Crippen molar-refractivity contribution in [1.29, 1.82) is 0 Å². The van der Waals surface area contributed by atoms with Gasteiger partial charge in [0.05, 0.1) is 5.92 Å². The molecule has 5 heteroatoms. The van der Waals surface area contributed by atoms with Crippen molar-refractivity contribution in [2.75, 3.05) is 26.2 Å². The summed E-state index contributed by atoms with van der Waals surface area (Å²) in [5, 5.41) is 3.40. The third-order valence-electron chi connectivity index (χ3n) is 3.96. The highest BCUT2D eigenvalue weighted by molar-refractivity contribution is 4.84. The number of halogens is 3. The Morgan fingerprint density at radius 2 is 2.00 bits per heavy atom. The molecule has 1 saturated carbocycles. The Labute approximate surface area is 101 Å². The Hall–Kier alpha value is -0.290. The minimum absolute atomic E-state index is 0.184. The topological polar surface area (TPSA) is 15.3 Å². The van der Waals surface area contributed by atoms with Crippen molar-refractivity contribution in [2.45, 2.75) is 38.4 Å². The van der Waals surface area contributed by atoms with Gasteiger partial charge in [0.2, 0.25) is 0 Å². The van der Waals surface area contributed by atoms with Crippen LogP contribution in [0.1, 0.15) is 26.2 Å². The standard InChI is InChI=1S/C12H21F3N2/c1-9(10-2-3-10)16-5-7-17-6-4-11(8-17)12(13,14)15/h9-11,16H,2-8H2,1H3. The quantitative estimate of drug-likeness (QED) is 0.805. The molecule has 100 valence electrons. The molecule has 2 atom stereocenters. The molecule has 2 unspecified atom stereocenters. The summed E-state index contributed by atoms with van der Waals surface area (Å²) in [4.78, 5) is 1.92. The molecule has 1 N–H and O–H groups in total. The maximum absolute atomic E-state index is 12.5. The lowest BCUT2D eigenvalue weighted by Crippen LogP contribution is -2.36. The lowest BCUT2D eigenvalue weighted by atomic mass is 10.1. The van der Waals surface area contributed by atoms with E-state index in [1.165, 1.54) is 12.8 Å². The monoisotopic (exact) mass is 250 g/mol. The number of rotatable bonds is 5. The fraction of sp³-hybridized carbons (Fsp3) is 1.00. The van der Waals surface area contributed by atoms with E-state index in [1.54, 1.807) is 0 Å². The molecule has 1 aliphatic heterocycles. The molecule has 0 aromatic carbocycles. The average Bonchev–Trinajstić information content (AvgIpc) is 2.97. The number of likely N-dealkylation sites (tertiary alicyclic amines) is 1. The van der Waals surface area contributed by atoms with Crippen molar-refractivity contribution in [3.05, 3.63) is 0 Å². The van der Waals surface area contributed by atoms with Crippen LogP contribution in [0, 0.1) is 11.8 Å². The molecule has 2 fully saturated rings. The average molecular weight is 250 g/mol. The highest BCUT2D eigenvalue weighted by Gasteiger charge is 2.43. The number of hydrogen-bond acceptors (Lipinski definition) is 2. The van der Waals surface area contributed by atoms with Crippen molar-refractivity contribution in [3.63, 3.8) is 0 Å². The Kier molecular flexibility index (Phi) is 3.98. The predicted molar refractivity (Wildman–Crippen MR) is 60.8 cm³/mol. The first kappa shape index (κ1) is 13.1. The molecular formula is C12H21F3N2. The zero-order valence-electron chi connectivity index (χ0n) is 10.3. The van der Waals surface area contributed by atoms with Gasteiger partial charge in [0, 0.05) is 25.7 Å². The Bertz CT molecular complexity index is 251. The van der Waals surface area contributed by atoms with E-state index >= 15 is 0 Å². The van der Waals surface area contributed by atoms with Gasteiger partial charge in [-0.1, -0.05) is 0 Å². The second-order valence-electron chi connectivity index (χ2n) is 5.41. The summed E-state index contributed by atoms with van der Waals surface area (Å²) in [5.74, 6) is -0.306. The summed E-state index contributed by atoms with van der Waals surface area (Å²) >= 11 is 0. The van der Waals surface area contributed by atoms with Crippen LogP contribution in [0.15, 0.2) is 0 Å². The molecule has 1 heterocycles. The molecule has 0 aromatic heterocycles. The highest BCUT2D eigenvalue weighted by Crippen LogP contribution is 2.33. The maximum atomic E-state index is 12.5. The van der Waals surface area contributed by atoms with Crippen LogP contribution < -0.4 is 5.32 Å². The van der Waals surface area contributed by atoms with Crippen LogP contribution in [0.25, 0.3) is 0 Å². The lowest BCUT2D eigenvalue weighted by molar-refractivity contribution is -0.170. The molecule has 1 aliphatic carbocycles. The van der Waals surface area contributed by atoms with Crippen LogP contribution in [0.4, 0.5) is 13.2 Å². The van der Waals surface area contributed by atoms with Gasteiger partial charge in [0.25, 0.3) is 0 Å². The molecule has 0 spiro atoms.